The van der Waals surface area contributed by atoms with E-state index in [0.717, 1.165) is 17.0 Å². The molecule has 0 fully saturated rings. The second-order valence-corrected chi connectivity index (χ2v) is 8.31. The molecule has 1 atom stereocenters. The van der Waals surface area contributed by atoms with Gasteiger partial charge in [0.05, 0.1) is 13.3 Å². The predicted molar refractivity (Wildman–Crippen MR) is 105 cm³/mol. The Morgan fingerprint density at radius 1 is 1.26 bits per heavy atom. The van der Waals surface area contributed by atoms with Crippen LogP contribution in [0.3, 0.4) is 0 Å². The van der Waals surface area contributed by atoms with Gasteiger partial charge in [-0.25, -0.2) is 22.6 Å². The van der Waals surface area contributed by atoms with Gasteiger partial charge in [0.25, 0.3) is 0 Å². The number of aromatic nitrogens is 3. The van der Waals surface area contributed by atoms with E-state index in [4.69, 9.17) is 4.74 Å². The molecule has 1 aromatic carbocycles. The summed E-state index contributed by atoms with van der Waals surface area (Å²) in [5.74, 6) is 0.298. The van der Waals surface area contributed by atoms with Gasteiger partial charge in [0.2, 0.25) is 10.0 Å². The lowest BCUT2D eigenvalue weighted by molar-refractivity contribution is 0.402. The zero-order chi connectivity index (χ0) is 19.8. The second kappa shape index (κ2) is 7.28. The highest BCUT2D eigenvalue weighted by Gasteiger charge is 2.23. The number of ether oxygens (including phenoxy) is 1. The normalized spacial score (nSPS) is 13.1. The van der Waals surface area contributed by atoms with Gasteiger partial charge < -0.3 is 4.74 Å². The van der Waals surface area contributed by atoms with Gasteiger partial charge in [0.1, 0.15) is 10.6 Å². The van der Waals surface area contributed by atoms with Crippen LogP contribution in [-0.2, 0) is 10.0 Å². The zero-order valence-electron chi connectivity index (χ0n) is 16.1. The van der Waals surface area contributed by atoms with E-state index < -0.39 is 10.0 Å². The van der Waals surface area contributed by atoms with Crippen LogP contribution in [0.25, 0.3) is 16.8 Å². The molecule has 0 radical (unpaired) electrons. The average molecular weight is 388 g/mol. The Morgan fingerprint density at radius 2 is 2.00 bits per heavy atom. The number of benzene rings is 1. The van der Waals surface area contributed by atoms with E-state index in [1.165, 1.54) is 7.11 Å². The van der Waals surface area contributed by atoms with Crippen molar-refractivity contribution in [2.24, 2.45) is 0 Å². The van der Waals surface area contributed by atoms with Crippen LogP contribution in [0.2, 0.25) is 0 Å². The van der Waals surface area contributed by atoms with E-state index in [1.807, 2.05) is 39.8 Å². The summed E-state index contributed by atoms with van der Waals surface area (Å²) in [6.07, 6.45) is 2.40. The van der Waals surface area contributed by atoms with Gasteiger partial charge in [-0.3, -0.25) is 0 Å². The molecular formula is C19H24N4O3S. The summed E-state index contributed by atoms with van der Waals surface area (Å²) in [4.78, 5) is 4.68. The molecule has 0 aliphatic carbocycles. The third kappa shape index (κ3) is 3.68. The highest BCUT2D eigenvalue weighted by Crippen LogP contribution is 2.32. The highest BCUT2D eigenvalue weighted by atomic mass is 32.2. The first-order chi connectivity index (χ1) is 12.8. The van der Waals surface area contributed by atoms with Crippen molar-refractivity contribution in [1.82, 2.24) is 19.3 Å². The Hall–Kier alpha value is -2.45. The first kappa shape index (κ1) is 19.3. The molecule has 8 heteroatoms. The molecule has 0 saturated carbocycles. The summed E-state index contributed by atoms with van der Waals surface area (Å²) in [6, 6.07) is 6.86. The number of nitrogens with one attached hydrogen (secondary N) is 1. The first-order valence-electron chi connectivity index (χ1n) is 8.79. The molecule has 2 aromatic heterocycles. The van der Waals surface area contributed by atoms with Crippen LogP contribution in [-0.4, -0.2) is 36.2 Å². The number of methoxy groups -OCH3 is 1. The molecule has 0 aliphatic rings. The maximum absolute atomic E-state index is 12.8. The van der Waals surface area contributed by atoms with Gasteiger partial charge in [0, 0.05) is 23.0 Å². The lowest BCUT2D eigenvalue weighted by atomic mass is 10.1. The minimum Gasteiger partial charge on any atom is -0.495 e. The standard InChI is InChI=1S/C19H24N4O3S/c1-6-12(2)22-27(24,25)18-10-15(7-8-17(18)26-5)16-11-20-23-14(4)9-13(3)21-19(16)23/h7-12,22H,6H2,1-5H3/t12-/m1/s1. The molecule has 144 valence electrons. The highest BCUT2D eigenvalue weighted by molar-refractivity contribution is 7.89. The van der Waals surface area contributed by atoms with Gasteiger partial charge in [-0.05, 0) is 51.0 Å². The van der Waals surface area contributed by atoms with Crippen molar-refractivity contribution in [3.63, 3.8) is 0 Å². The second-order valence-electron chi connectivity index (χ2n) is 6.63. The monoisotopic (exact) mass is 388 g/mol. The lowest BCUT2D eigenvalue weighted by Gasteiger charge is -2.15. The van der Waals surface area contributed by atoms with E-state index in [1.54, 1.807) is 22.8 Å². The summed E-state index contributed by atoms with van der Waals surface area (Å²) < 4.78 is 35.4. The number of rotatable bonds is 6. The fourth-order valence-electron chi connectivity index (χ4n) is 2.94. The molecule has 0 spiro atoms. The molecule has 0 saturated heterocycles. The van der Waals surface area contributed by atoms with Crippen molar-refractivity contribution in [3.8, 4) is 16.9 Å². The largest absolute Gasteiger partial charge is 0.495 e. The minimum absolute atomic E-state index is 0.103. The van der Waals surface area contributed by atoms with E-state index in [-0.39, 0.29) is 10.9 Å². The van der Waals surface area contributed by atoms with Gasteiger partial charge in [-0.15, -0.1) is 0 Å². The molecule has 27 heavy (non-hydrogen) atoms. The van der Waals surface area contributed by atoms with Crippen molar-refractivity contribution >= 4 is 15.7 Å². The fourth-order valence-corrected chi connectivity index (χ4v) is 4.46. The van der Waals surface area contributed by atoms with Crippen LogP contribution >= 0.6 is 0 Å². The SMILES string of the molecule is CC[C@@H](C)NS(=O)(=O)c1cc(-c2cnn3c(C)cc(C)nc23)ccc1OC. The topological polar surface area (TPSA) is 85.6 Å². The van der Waals surface area contributed by atoms with Crippen molar-refractivity contribution in [2.75, 3.05) is 7.11 Å². The molecule has 0 unspecified atom stereocenters. The van der Waals surface area contributed by atoms with Crippen LogP contribution in [0, 0.1) is 13.8 Å². The minimum atomic E-state index is -3.72. The Bertz CT molecular complexity index is 1090. The van der Waals surface area contributed by atoms with Crippen LogP contribution in [0.1, 0.15) is 31.7 Å². The van der Waals surface area contributed by atoms with Gasteiger partial charge in [0.15, 0.2) is 5.65 Å². The summed E-state index contributed by atoms with van der Waals surface area (Å²) in [6.45, 7) is 7.63. The smallest absolute Gasteiger partial charge is 0.244 e. The van der Waals surface area contributed by atoms with Crippen molar-refractivity contribution in [2.45, 2.75) is 45.1 Å². The Labute approximate surface area is 159 Å². The predicted octanol–water partition coefficient (Wildman–Crippen LogP) is 3.10. The summed E-state index contributed by atoms with van der Waals surface area (Å²) in [5.41, 5.74) is 4.01. The van der Waals surface area contributed by atoms with Crippen LogP contribution < -0.4 is 9.46 Å². The quantitative estimate of drug-likeness (QED) is 0.701. The maximum Gasteiger partial charge on any atom is 0.244 e. The summed E-state index contributed by atoms with van der Waals surface area (Å²) in [7, 11) is -2.26. The first-order valence-corrected chi connectivity index (χ1v) is 10.3. The number of fused-ring (bicyclic) bond motifs is 1. The molecular weight excluding hydrogens is 364 g/mol. The van der Waals surface area contributed by atoms with E-state index in [0.29, 0.717) is 23.4 Å². The molecule has 7 nitrogen and oxygen atoms in total. The third-order valence-corrected chi connectivity index (χ3v) is 6.12. The Morgan fingerprint density at radius 3 is 2.67 bits per heavy atom. The van der Waals surface area contributed by atoms with E-state index in [9.17, 15) is 8.42 Å². The number of hydrogen-bond donors (Lipinski definition) is 1. The Kier molecular flexibility index (Phi) is 5.21. The molecule has 1 N–H and O–H groups in total. The average Bonchev–Trinajstić information content (AvgIpc) is 3.04. The van der Waals surface area contributed by atoms with E-state index in [2.05, 4.69) is 14.8 Å². The van der Waals surface area contributed by atoms with Gasteiger partial charge in [-0.2, -0.15) is 5.10 Å². The zero-order valence-corrected chi connectivity index (χ0v) is 17.0. The fraction of sp³-hybridized carbons (Fsp3) is 0.368. The molecule has 2 heterocycles. The molecule has 3 rings (SSSR count). The van der Waals surface area contributed by atoms with Gasteiger partial charge in [-0.1, -0.05) is 13.0 Å². The lowest BCUT2D eigenvalue weighted by Crippen LogP contribution is -2.32. The number of nitrogens with zero attached hydrogens (tertiary/aromatic N) is 3. The Balaban J connectivity index is 2.17. The maximum atomic E-state index is 12.8. The third-order valence-electron chi connectivity index (χ3n) is 4.51. The molecule has 3 aromatic rings. The van der Waals surface area contributed by atoms with Crippen LogP contribution in [0.4, 0.5) is 0 Å². The number of sulfonamides is 1. The van der Waals surface area contributed by atoms with Crippen LogP contribution in [0.5, 0.6) is 5.75 Å². The van der Waals surface area contributed by atoms with Crippen molar-refractivity contribution in [1.29, 1.82) is 0 Å². The summed E-state index contributed by atoms with van der Waals surface area (Å²) in [5, 5.41) is 4.39. The van der Waals surface area contributed by atoms with Gasteiger partial charge >= 0.3 is 0 Å². The summed E-state index contributed by atoms with van der Waals surface area (Å²) >= 11 is 0. The van der Waals surface area contributed by atoms with Crippen molar-refractivity contribution < 1.29 is 13.2 Å². The number of aryl methyl sites for hydroxylation is 2. The van der Waals surface area contributed by atoms with Crippen LogP contribution in [0.15, 0.2) is 35.4 Å². The number of hydrogen-bond acceptors (Lipinski definition) is 5. The van der Waals surface area contributed by atoms with Crippen molar-refractivity contribution in [3.05, 3.63) is 41.9 Å². The molecule has 0 bridgehead atoms. The van der Waals surface area contributed by atoms with E-state index >= 15 is 0 Å². The molecule has 0 aliphatic heterocycles. The molecule has 0 amide bonds.